The molecule has 31 heavy (non-hydrogen) atoms. The van der Waals surface area contributed by atoms with Crippen LogP contribution in [-0.2, 0) is 6.18 Å². The van der Waals surface area contributed by atoms with Crippen LogP contribution in [0.1, 0.15) is 38.8 Å². The van der Waals surface area contributed by atoms with Crippen molar-refractivity contribution in [3.63, 3.8) is 0 Å². The molecule has 3 N–H and O–H groups in total. The van der Waals surface area contributed by atoms with Crippen LogP contribution in [0.25, 0.3) is 11.2 Å². The number of nitrogens with one attached hydrogen (secondary N) is 3. The highest BCUT2D eigenvalue weighted by molar-refractivity contribution is 7.13. The van der Waals surface area contributed by atoms with E-state index < -0.39 is 17.1 Å². The second kappa shape index (κ2) is 7.99. The third-order valence-corrected chi connectivity index (χ3v) is 5.59. The van der Waals surface area contributed by atoms with Gasteiger partial charge >= 0.3 is 6.18 Å². The number of amides is 1. The number of carbonyl (C=O) groups excluding carboxylic acids is 1. The Morgan fingerprint density at radius 3 is 2.77 bits per heavy atom. The molecule has 0 saturated carbocycles. The van der Waals surface area contributed by atoms with Gasteiger partial charge in [-0.15, -0.1) is 11.3 Å². The Kier molecular flexibility index (Phi) is 5.36. The Hall–Kier alpha value is -3.47. The van der Waals surface area contributed by atoms with Crippen LogP contribution in [0, 0.1) is 6.92 Å². The number of hydrogen-bond donors (Lipinski definition) is 3. The van der Waals surface area contributed by atoms with Gasteiger partial charge in [0, 0.05) is 11.9 Å². The molecule has 160 valence electrons. The van der Waals surface area contributed by atoms with Gasteiger partial charge in [-0.3, -0.25) is 4.79 Å². The van der Waals surface area contributed by atoms with Crippen molar-refractivity contribution in [3.8, 4) is 0 Å². The summed E-state index contributed by atoms with van der Waals surface area (Å²) in [5.74, 6) is -0.0495. The first kappa shape index (κ1) is 20.8. The molecule has 0 aliphatic rings. The summed E-state index contributed by atoms with van der Waals surface area (Å²) in [6.07, 6.45) is -0.184. The number of aromatic amines is 1. The zero-order chi connectivity index (χ0) is 22.2. The fraction of sp³-hybridized carbons (Fsp3) is 0.200. The zero-order valence-corrected chi connectivity index (χ0v) is 17.2. The lowest BCUT2D eigenvalue weighted by molar-refractivity contribution is -0.137. The number of alkyl halides is 3. The molecule has 11 heteroatoms. The maximum Gasteiger partial charge on any atom is 0.443 e. The molecule has 0 radical (unpaired) electrons. The van der Waals surface area contributed by atoms with Crippen molar-refractivity contribution in [2.24, 2.45) is 0 Å². The third kappa shape index (κ3) is 4.50. The first-order valence-corrected chi connectivity index (χ1v) is 10.0. The van der Waals surface area contributed by atoms with E-state index in [-0.39, 0.29) is 10.9 Å². The zero-order valence-electron chi connectivity index (χ0n) is 16.4. The quantitative estimate of drug-likeness (QED) is 0.393. The molecule has 1 aromatic carbocycles. The number of halogens is 3. The van der Waals surface area contributed by atoms with Crippen molar-refractivity contribution in [2.45, 2.75) is 26.1 Å². The Balaban J connectivity index is 1.47. The molecule has 0 bridgehead atoms. The molecule has 3 heterocycles. The first-order valence-electron chi connectivity index (χ1n) is 9.22. The van der Waals surface area contributed by atoms with Crippen LogP contribution < -0.4 is 10.6 Å². The smallest absolute Gasteiger partial charge is 0.362 e. The summed E-state index contributed by atoms with van der Waals surface area (Å²) in [7, 11) is 0. The number of H-pyrrole nitrogens is 1. The summed E-state index contributed by atoms with van der Waals surface area (Å²) in [4.78, 5) is 27.4. The number of thiazole rings is 1. The van der Waals surface area contributed by atoms with Gasteiger partial charge in [-0.1, -0.05) is 12.1 Å². The summed E-state index contributed by atoms with van der Waals surface area (Å²) in [6.45, 7) is 3.86. The van der Waals surface area contributed by atoms with E-state index in [1.807, 2.05) is 26.1 Å². The number of fused-ring (bicyclic) bond motifs is 1. The third-order valence-electron chi connectivity index (χ3n) is 4.55. The Labute approximate surface area is 178 Å². The minimum atomic E-state index is -4.57. The predicted molar refractivity (Wildman–Crippen MR) is 112 cm³/mol. The number of aromatic nitrogens is 4. The molecule has 0 aliphatic heterocycles. The van der Waals surface area contributed by atoms with E-state index in [1.165, 1.54) is 0 Å². The monoisotopic (exact) mass is 446 g/mol. The summed E-state index contributed by atoms with van der Waals surface area (Å²) in [5.41, 5.74) is 3.78. The molecule has 4 rings (SSSR count). The lowest BCUT2D eigenvalue weighted by Gasteiger charge is -2.16. The number of carbonyl (C=O) groups is 1. The van der Waals surface area contributed by atoms with E-state index >= 15 is 0 Å². The Morgan fingerprint density at radius 1 is 1.23 bits per heavy atom. The van der Waals surface area contributed by atoms with Crippen LogP contribution in [0.15, 0.2) is 42.9 Å². The molecule has 0 aliphatic carbocycles. The largest absolute Gasteiger partial charge is 0.443 e. The number of rotatable bonds is 5. The van der Waals surface area contributed by atoms with Crippen LogP contribution in [0.5, 0.6) is 0 Å². The molecule has 7 nitrogen and oxygen atoms in total. The van der Waals surface area contributed by atoms with E-state index in [2.05, 4.69) is 30.6 Å². The second-order valence-corrected chi connectivity index (χ2v) is 7.93. The maximum absolute atomic E-state index is 12.7. The molecular weight excluding hydrogens is 429 g/mol. The predicted octanol–water partition coefficient (Wildman–Crippen LogP) is 5.17. The van der Waals surface area contributed by atoms with Crippen molar-refractivity contribution in [1.82, 2.24) is 19.9 Å². The minimum Gasteiger partial charge on any atom is -0.362 e. The molecule has 3 aromatic heterocycles. The number of hydrogen-bond acceptors (Lipinski definition) is 6. The van der Waals surface area contributed by atoms with Crippen LogP contribution in [-0.4, -0.2) is 25.8 Å². The molecule has 0 unspecified atom stereocenters. The SMILES string of the molecule is Cc1c[nH]c2ncc(N[C@@H](C)c3cccc(NC(=O)c4cnc(C(F)(F)F)s4)c3)nc12. The van der Waals surface area contributed by atoms with Gasteiger partial charge in [-0.2, -0.15) is 13.2 Å². The molecular formula is C20H17F3N6OS. The minimum absolute atomic E-state index is 0.116. The van der Waals surface area contributed by atoms with Crippen molar-refractivity contribution in [1.29, 1.82) is 0 Å². The average Bonchev–Trinajstić information content (AvgIpc) is 3.36. The summed E-state index contributed by atoms with van der Waals surface area (Å²) in [5, 5.41) is 4.83. The van der Waals surface area contributed by atoms with Crippen molar-refractivity contribution < 1.29 is 18.0 Å². The molecule has 1 amide bonds. The molecule has 4 aromatic rings. The van der Waals surface area contributed by atoms with E-state index in [0.29, 0.717) is 28.5 Å². The average molecular weight is 446 g/mol. The van der Waals surface area contributed by atoms with E-state index in [9.17, 15) is 18.0 Å². The highest BCUT2D eigenvalue weighted by atomic mass is 32.1. The normalized spacial score (nSPS) is 12.7. The van der Waals surface area contributed by atoms with Crippen LogP contribution in [0.3, 0.4) is 0 Å². The van der Waals surface area contributed by atoms with Gasteiger partial charge in [0.05, 0.1) is 18.4 Å². The van der Waals surface area contributed by atoms with Crippen LogP contribution in [0.4, 0.5) is 24.7 Å². The summed E-state index contributed by atoms with van der Waals surface area (Å²) < 4.78 is 38.1. The van der Waals surface area contributed by atoms with Gasteiger partial charge in [0.25, 0.3) is 5.91 Å². The second-order valence-electron chi connectivity index (χ2n) is 6.90. The number of nitrogens with zero attached hydrogens (tertiary/aromatic N) is 3. The lowest BCUT2D eigenvalue weighted by atomic mass is 10.1. The topological polar surface area (TPSA) is 95.6 Å². The van der Waals surface area contributed by atoms with E-state index in [1.54, 1.807) is 24.4 Å². The van der Waals surface area contributed by atoms with Gasteiger partial charge < -0.3 is 15.6 Å². The van der Waals surface area contributed by atoms with Gasteiger partial charge in [-0.25, -0.2) is 15.0 Å². The molecule has 0 fully saturated rings. The fourth-order valence-electron chi connectivity index (χ4n) is 2.98. The number of aryl methyl sites for hydroxylation is 1. The van der Waals surface area contributed by atoms with Crippen molar-refractivity contribution >= 4 is 39.9 Å². The molecule has 0 spiro atoms. The van der Waals surface area contributed by atoms with Crippen LogP contribution in [0.2, 0.25) is 0 Å². The van der Waals surface area contributed by atoms with Gasteiger partial charge in [0.1, 0.15) is 16.2 Å². The van der Waals surface area contributed by atoms with Crippen molar-refractivity contribution in [3.05, 3.63) is 63.9 Å². The van der Waals surface area contributed by atoms with E-state index in [0.717, 1.165) is 22.8 Å². The van der Waals surface area contributed by atoms with Crippen LogP contribution >= 0.6 is 11.3 Å². The maximum atomic E-state index is 12.7. The molecule has 1 atom stereocenters. The van der Waals surface area contributed by atoms with Gasteiger partial charge in [0.2, 0.25) is 0 Å². The highest BCUT2D eigenvalue weighted by Gasteiger charge is 2.35. The Morgan fingerprint density at radius 2 is 2.03 bits per heavy atom. The number of benzene rings is 1. The summed E-state index contributed by atoms with van der Waals surface area (Å²) >= 11 is 0.304. The first-order chi connectivity index (χ1) is 14.7. The van der Waals surface area contributed by atoms with E-state index in [4.69, 9.17) is 0 Å². The lowest BCUT2D eigenvalue weighted by Crippen LogP contribution is -2.12. The standard InChI is InChI=1S/C20H17F3N6OS/c1-10-7-24-17-16(10)29-15(9-25-17)27-11(2)12-4-3-5-13(6-12)28-18(30)14-8-26-19(31-14)20(21,22)23/h3-9,11H,1-2H3,(H,24,25)(H,27,29)(H,28,30)/t11-/m0/s1. The van der Waals surface area contributed by atoms with Gasteiger partial charge in [-0.05, 0) is 37.1 Å². The van der Waals surface area contributed by atoms with Crippen molar-refractivity contribution in [2.75, 3.05) is 10.6 Å². The Bertz CT molecular complexity index is 1250. The fourth-order valence-corrected chi connectivity index (χ4v) is 3.66. The number of anilines is 2. The van der Waals surface area contributed by atoms with Gasteiger partial charge in [0.15, 0.2) is 10.7 Å². The summed E-state index contributed by atoms with van der Waals surface area (Å²) in [6, 6.07) is 6.86. The highest BCUT2D eigenvalue weighted by Crippen LogP contribution is 2.32. The molecule has 0 saturated heterocycles.